The van der Waals surface area contributed by atoms with E-state index < -0.39 is 0 Å². The molecule has 0 bridgehead atoms. The van der Waals surface area contributed by atoms with Gasteiger partial charge in [-0.2, -0.15) is 0 Å². The molecule has 0 aliphatic rings. The highest BCUT2D eigenvalue weighted by molar-refractivity contribution is 7.18. The maximum atomic E-state index is 12.4. The first-order valence-electron chi connectivity index (χ1n) is 6.78. The van der Waals surface area contributed by atoms with Crippen LogP contribution in [0.1, 0.15) is 27.7 Å². The van der Waals surface area contributed by atoms with Gasteiger partial charge in [0.1, 0.15) is 10.7 Å². The van der Waals surface area contributed by atoms with E-state index in [0.29, 0.717) is 4.88 Å². The highest BCUT2D eigenvalue weighted by Gasteiger charge is 2.18. The molecule has 1 aromatic heterocycles. The van der Waals surface area contributed by atoms with Gasteiger partial charge >= 0.3 is 0 Å². The maximum Gasteiger partial charge on any atom is 0.269 e. The Kier molecular flexibility index (Phi) is 4.47. The van der Waals surface area contributed by atoms with Crippen molar-refractivity contribution in [1.29, 1.82) is 0 Å². The van der Waals surface area contributed by atoms with Crippen molar-refractivity contribution < 1.29 is 4.79 Å². The van der Waals surface area contributed by atoms with Gasteiger partial charge in [0.2, 0.25) is 0 Å². The van der Waals surface area contributed by atoms with E-state index in [9.17, 15) is 4.79 Å². The summed E-state index contributed by atoms with van der Waals surface area (Å²) in [6.07, 6.45) is 0. The van der Waals surface area contributed by atoms with E-state index in [0.717, 1.165) is 28.5 Å². The van der Waals surface area contributed by atoms with Crippen molar-refractivity contribution in [3.8, 4) is 0 Å². The zero-order valence-electron chi connectivity index (χ0n) is 12.7. The summed E-state index contributed by atoms with van der Waals surface area (Å²) in [5, 5.41) is 3.66. The van der Waals surface area contributed by atoms with Crippen LogP contribution in [0.5, 0.6) is 0 Å². The SMILES string of the molecule is CCN(C)c1nc(N)c(C(=O)Nc2cc(C)ccc2C)s1. The summed E-state index contributed by atoms with van der Waals surface area (Å²) in [5.41, 5.74) is 8.79. The molecule has 0 saturated carbocycles. The Morgan fingerprint density at radius 3 is 2.81 bits per heavy atom. The number of hydrogen-bond donors (Lipinski definition) is 2. The van der Waals surface area contributed by atoms with Crippen LogP contribution in [0.15, 0.2) is 18.2 Å². The van der Waals surface area contributed by atoms with E-state index >= 15 is 0 Å². The van der Waals surface area contributed by atoms with Gasteiger partial charge < -0.3 is 16.0 Å². The number of nitrogen functional groups attached to an aromatic ring is 1. The second kappa shape index (κ2) is 6.13. The average Bonchev–Trinajstić information content (AvgIpc) is 2.84. The van der Waals surface area contributed by atoms with Crippen molar-refractivity contribution in [3.63, 3.8) is 0 Å². The lowest BCUT2D eigenvalue weighted by Gasteiger charge is -2.11. The Labute approximate surface area is 128 Å². The smallest absolute Gasteiger partial charge is 0.269 e. The van der Waals surface area contributed by atoms with Crippen molar-refractivity contribution >= 4 is 33.9 Å². The molecule has 3 N–H and O–H groups in total. The van der Waals surface area contributed by atoms with Crippen LogP contribution < -0.4 is 16.0 Å². The molecule has 0 aliphatic heterocycles. The maximum absolute atomic E-state index is 12.4. The van der Waals surface area contributed by atoms with E-state index in [2.05, 4.69) is 10.3 Å². The van der Waals surface area contributed by atoms with Gasteiger partial charge in [0, 0.05) is 19.3 Å². The number of carbonyl (C=O) groups excluding carboxylic acids is 1. The van der Waals surface area contributed by atoms with E-state index in [1.807, 2.05) is 50.9 Å². The van der Waals surface area contributed by atoms with Crippen LogP contribution in [0.4, 0.5) is 16.6 Å². The number of thiazole rings is 1. The molecule has 0 saturated heterocycles. The number of rotatable bonds is 4. The Morgan fingerprint density at radius 1 is 1.43 bits per heavy atom. The monoisotopic (exact) mass is 304 g/mol. The molecule has 1 amide bonds. The van der Waals surface area contributed by atoms with Crippen LogP contribution in [0.3, 0.4) is 0 Å². The Hall–Kier alpha value is -2.08. The second-order valence-corrected chi connectivity index (χ2v) is 5.98. The van der Waals surface area contributed by atoms with Gasteiger partial charge in [-0.1, -0.05) is 23.5 Å². The third-order valence-electron chi connectivity index (χ3n) is 3.29. The summed E-state index contributed by atoms with van der Waals surface area (Å²) in [6, 6.07) is 5.95. The number of nitrogens with zero attached hydrogens (tertiary/aromatic N) is 2. The van der Waals surface area contributed by atoms with Gasteiger partial charge in [0.25, 0.3) is 5.91 Å². The third kappa shape index (κ3) is 3.33. The number of aromatic nitrogens is 1. The molecular weight excluding hydrogens is 284 g/mol. The lowest BCUT2D eigenvalue weighted by Crippen LogP contribution is -2.15. The summed E-state index contributed by atoms with van der Waals surface area (Å²) in [6.45, 7) is 6.78. The minimum atomic E-state index is -0.213. The van der Waals surface area contributed by atoms with Gasteiger partial charge in [-0.25, -0.2) is 4.98 Å². The molecule has 2 aromatic rings. The van der Waals surface area contributed by atoms with E-state index in [-0.39, 0.29) is 11.7 Å². The Morgan fingerprint density at radius 2 is 2.14 bits per heavy atom. The fourth-order valence-corrected chi connectivity index (χ4v) is 2.74. The standard InChI is InChI=1S/C15H20N4OS/c1-5-19(4)15-18-13(16)12(21-15)14(20)17-11-8-9(2)6-7-10(11)3/h6-8H,5,16H2,1-4H3,(H,17,20). The largest absolute Gasteiger partial charge is 0.382 e. The topological polar surface area (TPSA) is 71.2 Å². The average molecular weight is 304 g/mol. The van der Waals surface area contributed by atoms with Crippen LogP contribution in [-0.4, -0.2) is 24.5 Å². The lowest BCUT2D eigenvalue weighted by molar-refractivity contribution is 0.103. The summed E-state index contributed by atoms with van der Waals surface area (Å²) >= 11 is 1.31. The van der Waals surface area contributed by atoms with Crippen LogP contribution in [-0.2, 0) is 0 Å². The zero-order valence-corrected chi connectivity index (χ0v) is 13.5. The number of anilines is 3. The van der Waals surface area contributed by atoms with Crippen LogP contribution in [0.25, 0.3) is 0 Å². The quantitative estimate of drug-likeness (QED) is 0.910. The first kappa shape index (κ1) is 15.3. The molecule has 0 radical (unpaired) electrons. The van der Waals surface area contributed by atoms with E-state index in [1.165, 1.54) is 11.3 Å². The molecule has 0 aliphatic carbocycles. The summed E-state index contributed by atoms with van der Waals surface area (Å²) in [4.78, 5) is 19.0. The minimum Gasteiger partial charge on any atom is -0.382 e. The van der Waals surface area contributed by atoms with E-state index in [1.54, 1.807) is 0 Å². The lowest BCUT2D eigenvalue weighted by atomic mass is 10.1. The molecule has 1 aromatic carbocycles. The number of aryl methyl sites for hydroxylation is 2. The Bertz CT molecular complexity index is 666. The molecule has 1 heterocycles. The van der Waals surface area contributed by atoms with Gasteiger partial charge in [-0.15, -0.1) is 0 Å². The molecule has 2 rings (SSSR count). The summed E-state index contributed by atoms with van der Waals surface area (Å²) < 4.78 is 0. The second-order valence-electron chi connectivity index (χ2n) is 5.00. The first-order chi connectivity index (χ1) is 9.92. The fraction of sp³-hybridized carbons (Fsp3) is 0.333. The number of nitrogens with one attached hydrogen (secondary N) is 1. The van der Waals surface area contributed by atoms with E-state index in [4.69, 9.17) is 5.73 Å². The van der Waals surface area contributed by atoms with Crippen LogP contribution >= 0.6 is 11.3 Å². The molecule has 0 atom stereocenters. The highest BCUT2D eigenvalue weighted by Crippen LogP contribution is 2.28. The van der Waals surface area contributed by atoms with Gasteiger partial charge in [0.15, 0.2) is 5.13 Å². The molecule has 112 valence electrons. The number of nitrogens with two attached hydrogens (primary N) is 1. The molecule has 5 nitrogen and oxygen atoms in total. The minimum absolute atomic E-state index is 0.213. The number of amides is 1. The highest BCUT2D eigenvalue weighted by atomic mass is 32.1. The van der Waals surface area contributed by atoms with Crippen molar-refractivity contribution in [1.82, 2.24) is 4.98 Å². The predicted octanol–water partition coefficient (Wildman–Crippen LogP) is 3.05. The number of benzene rings is 1. The molecule has 21 heavy (non-hydrogen) atoms. The van der Waals surface area contributed by atoms with Crippen molar-refractivity contribution in [2.75, 3.05) is 29.5 Å². The molecular formula is C15H20N4OS. The van der Waals surface area contributed by atoms with Crippen molar-refractivity contribution in [3.05, 3.63) is 34.2 Å². The third-order valence-corrected chi connectivity index (χ3v) is 4.47. The normalized spacial score (nSPS) is 10.5. The molecule has 0 spiro atoms. The fourth-order valence-electron chi connectivity index (χ4n) is 1.83. The van der Waals surface area contributed by atoms with Crippen molar-refractivity contribution in [2.24, 2.45) is 0 Å². The summed E-state index contributed by atoms with van der Waals surface area (Å²) in [7, 11) is 1.92. The Balaban J connectivity index is 2.24. The van der Waals surface area contributed by atoms with Gasteiger partial charge in [-0.3, -0.25) is 4.79 Å². The van der Waals surface area contributed by atoms with Crippen molar-refractivity contribution in [2.45, 2.75) is 20.8 Å². The first-order valence-corrected chi connectivity index (χ1v) is 7.60. The zero-order chi connectivity index (χ0) is 15.6. The van der Waals surface area contributed by atoms with Gasteiger partial charge in [-0.05, 0) is 38.0 Å². The van der Waals surface area contributed by atoms with Gasteiger partial charge in [0.05, 0.1) is 0 Å². The molecule has 6 heteroatoms. The number of carbonyl (C=O) groups is 1. The van der Waals surface area contributed by atoms with Crippen LogP contribution in [0, 0.1) is 13.8 Å². The predicted molar refractivity (Wildman–Crippen MR) is 89.3 cm³/mol. The number of hydrogen-bond acceptors (Lipinski definition) is 5. The molecule has 0 unspecified atom stereocenters. The summed E-state index contributed by atoms with van der Waals surface area (Å²) in [5.74, 6) is 0.0626. The van der Waals surface area contributed by atoms with Crippen LogP contribution in [0.2, 0.25) is 0 Å². The molecule has 0 fully saturated rings.